The van der Waals surface area contributed by atoms with Crippen LogP contribution in [0.5, 0.6) is 0 Å². The highest BCUT2D eigenvalue weighted by atomic mass is 16.5. The van der Waals surface area contributed by atoms with E-state index in [0.717, 1.165) is 12.0 Å². The van der Waals surface area contributed by atoms with E-state index in [2.05, 4.69) is 5.32 Å². The van der Waals surface area contributed by atoms with Crippen molar-refractivity contribution in [2.45, 2.75) is 38.8 Å². The van der Waals surface area contributed by atoms with E-state index in [1.807, 2.05) is 32.0 Å². The Labute approximate surface area is 114 Å². The molecule has 0 saturated heterocycles. The Balaban J connectivity index is 2.88. The lowest BCUT2D eigenvalue weighted by molar-refractivity contribution is 0.0881. The Bertz CT molecular complexity index is 420. The number of carbonyl (C=O) groups is 1. The van der Waals surface area contributed by atoms with Crippen molar-refractivity contribution in [3.8, 4) is 0 Å². The summed E-state index contributed by atoms with van der Waals surface area (Å²) >= 11 is 0. The van der Waals surface area contributed by atoms with Crippen LogP contribution in [0, 0.1) is 0 Å². The van der Waals surface area contributed by atoms with Gasteiger partial charge in [0.05, 0.1) is 6.61 Å². The smallest absolute Gasteiger partial charge is 0.252 e. The van der Waals surface area contributed by atoms with E-state index in [1.54, 1.807) is 13.2 Å². The van der Waals surface area contributed by atoms with Gasteiger partial charge in [-0.25, -0.2) is 0 Å². The van der Waals surface area contributed by atoms with Crippen LogP contribution in [-0.2, 0) is 11.3 Å². The first-order chi connectivity index (χ1) is 9.06. The molecule has 0 saturated carbocycles. The number of carbonyl (C=O) groups excluding carboxylic acids is 1. The summed E-state index contributed by atoms with van der Waals surface area (Å²) in [5, 5.41) is 12.1. The van der Waals surface area contributed by atoms with Crippen LogP contribution in [0.4, 0.5) is 0 Å². The lowest BCUT2D eigenvalue weighted by atomic mass is 9.94. The lowest BCUT2D eigenvalue weighted by Crippen LogP contribution is -2.46. The van der Waals surface area contributed by atoms with Crippen molar-refractivity contribution in [1.82, 2.24) is 5.32 Å². The molecule has 0 aliphatic carbocycles. The Morgan fingerprint density at radius 2 is 2.11 bits per heavy atom. The molecule has 4 nitrogen and oxygen atoms in total. The summed E-state index contributed by atoms with van der Waals surface area (Å²) in [6.07, 6.45) is 1.31. The zero-order valence-corrected chi connectivity index (χ0v) is 11.9. The molecule has 1 unspecified atom stereocenters. The Kier molecular flexibility index (Phi) is 5.99. The number of rotatable bonds is 7. The summed E-state index contributed by atoms with van der Waals surface area (Å²) in [7, 11) is 1.61. The molecule has 4 heteroatoms. The monoisotopic (exact) mass is 265 g/mol. The van der Waals surface area contributed by atoms with Gasteiger partial charge in [0.1, 0.15) is 0 Å². The van der Waals surface area contributed by atoms with Gasteiger partial charge in [-0.05, 0) is 31.4 Å². The molecule has 0 aromatic heterocycles. The zero-order chi connectivity index (χ0) is 14.3. The maximum absolute atomic E-state index is 12.3. The predicted molar refractivity (Wildman–Crippen MR) is 75.0 cm³/mol. The highest BCUT2D eigenvalue weighted by Gasteiger charge is 2.25. The second-order valence-corrected chi connectivity index (χ2v) is 4.93. The summed E-state index contributed by atoms with van der Waals surface area (Å²) in [6, 6.07) is 7.40. The summed E-state index contributed by atoms with van der Waals surface area (Å²) in [6.45, 7) is 4.41. The molecule has 0 aliphatic rings. The Hall–Kier alpha value is -1.39. The molecule has 0 spiro atoms. The minimum atomic E-state index is -0.383. The minimum Gasteiger partial charge on any atom is -0.396 e. The van der Waals surface area contributed by atoms with E-state index in [9.17, 15) is 4.79 Å². The van der Waals surface area contributed by atoms with Crippen LogP contribution in [0.2, 0.25) is 0 Å². The molecular weight excluding hydrogens is 242 g/mol. The number of ether oxygens (including phenoxy) is 1. The third-order valence-corrected chi connectivity index (χ3v) is 3.42. The zero-order valence-electron chi connectivity index (χ0n) is 11.9. The number of amides is 1. The van der Waals surface area contributed by atoms with E-state index < -0.39 is 0 Å². The van der Waals surface area contributed by atoms with Gasteiger partial charge in [0, 0.05) is 24.8 Å². The minimum absolute atomic E-state index is 0.0599. The first-order valence-electron chi connectivity index (χ1n) is 6.56. The molecule has 1 atom stereocenters. The average Bonchev–Trinajstić information content (AvgIpc) is 2.40. The van der Waals surface area contributed by atoms with Crippen LogP contribution in [0.25, 0.3) is 0 Å². The molecule has 0 heterocycles. The maximum Gasteiger partial charge on any atom is 0.252 e. The van der Waals surface area contributed by atoms with E-state index in [4.69, 9.17) is 9.84 Å². The van der Waals surface area contributed by atoms with Gasteiger partial charge in [0.2, 0.25) is 0 Å². The third kappa shape index (κ3) is 4.33. The molecule has 19 heavy (non-hydrogen) atoms. The van der Waals surface area contributed by atoms with Crippen LogP contribution in [0.3, 0.4) is 0 Å². The van der Waals surface area contributed by atoms with Gasteiger partial charge in [-0.1, -0.05) is 25.1 Å². The molecule has 0 aliphatic heterocycles. The van der Waals surface area contributed by atoms with Crippen LogP contribution < -0.4 is 5.32 Å². The molecule has 1 aromatic rings. The summed E-state index contributed by atoms with van der Waals surface area (Å²) < 4.78 is 5.10. The van der Waals surface area contributed by atoms with Crippen molar-refractivity contribution in [2.75, 3.05) is 13.7 Å². The number of benzene rings is 1. The van der Waals surface area contributed by atoms with Crippen molar-refractivity contribution in [2.24, 2.45) is 0 Å². The molecule has 0 fully saturated rings. The van der Waals surface area contributed by atoms with Crippen LogP contribution in [0.1, 0.15) is 42.6 Å². The van der Waals surface area contributed by atoms with Crippen molar-refractivity contribution in [3.05, 3.63) is 35.4 Å². The predicted octanol–water partition coefficient (Wildman–Crippen LogP) is 2.11. The first kappa shape index (κ1) is 15.7. The second-order valence-electron chi connectivity index (χ2n) is 4.93. The van der Waals surface area contributed by atoms with E-state index in [0.29, 0.717) is 18.6 Å². The SMILES string of the molecule is CCC(C)(CCO)NC(=O)c1ccccc1COC. The molecule has 2 N–H and O–H groups in total. The average molecular weight is 265 g/mol. The van der Waals surface area contributed by atoms with Crippen molar-refractivity contribution < 1.29 is 14.6 Å². The molecule has 106 valence electrons. The standard InChI is InChI=1S/C15H23NO3/c1-4-15(2,9-10-17)16-14(18)13-8-6-5-7-12(13)11-19-3/h5-8,17H,4,9-11H2,1-3H3,(H,16,18). The summed E-state index contributed by atoms with van der Waals surface area (Å²) in [5.41, 5.74) is 1.11. The van der Waals surface area contributed by atoms with Gasteiger partial charge in [-0.3, -0.25) is 4.79 Å². The van der Waals surface area contributed by atoms with Crippen molar-refractivity contribution in [3.63, 3.8) is 0 Å². The summed E-state index contributed by atoms with van der Waals surface area (Å²) in [4.78, 5) is 12.3. The molecule has 1 amide bonds. The van der Waals surface area contributed by atoms with Gasteiger partial charge in [0.25, 0.3) is 5.91 Å². The van der Waals surface area contributed by atoms with Gasteiger partial charge in [-0.2, -0.15) is 0 Å². The van der Waals surface area contributed by atoms with Gasteiger partial charge >= 0.3 is 0 Å². The number of methoxy groups -OCH3 is 1. The highest BCUT2D eigenvalue weighted by Crippen LogP contribution is 2.17. The lowest BCUT2D eigenvalue weighted by Gasteiger charge is -2.29. The van der Waals surface area contributed by atoms with E-state index in [1.165, 1.54) is 0 Å². The maximum atomic E-state index is 12.3. The van der Waals surface area contributed by atoms with Gasteiger partial charge < -0.3 is 15.2 Å². The number of aliphatic hydroxyl groups is 1. The fraction of sp³-hybridized carbons (Fsp3) is 0.533. The molecular formula is C15H23NO3. The second kappa shape index (κ2) is 7.26. The largest absolute Gasteiger partial charge is 0.396 e. The molecule has 1 aromatic carbocycles. The topological polar surface area (TPSA) is 58.6 Å². The number of nitrogens with one attached hydrogen (secondary N) is 1. The van der Waals surface area contributed by atoms with Crippen LogP contribution >= 0.6 is 0 Å². The number of hydrogen-bond acceptors (Lipinski definition) is 3. The van der Waals surface area contributed by atoms with Gasteiger partial charge in [0.15, 0.2) is 0 Å². The van der Waals surface area contributed by atoms with Gasteiger partial charge in [-0.15, -0.1) is 0 Å². The number of hydrogen-bond donors (Lipinski definition) is 2. The first-order valence-corrected chi connectivity index (χ1v) is 6.56. The van der Waals surface area contributed by atoms with Crippen LogP contribution in [-0.4, -0.2) is 30.3 Å². The fourth-order valence-corrected chi connectivity index (χ4v) is 1.94. The highest BCUT2D eigenvalue weighted by molar-refractivity contribution is 5.96. The fourth-order valence-electron chi connectivity index (χ4n) is 1.94. The van der Waals surface area contributed by atoms with Crippen LogP contribution in [0.15, 0.2) is 24.3 Å². The quantitative estimate of drug-likeness (QED) is 0.794. The third-order valence-electron chi connectivity index (χ3n) is 3.42. The molecule has 0 bridgehead atoms. The Morgan fingerprint density at radius 3 is 2.68 bits per heavy atom. The number of aliphatic hydroxyl groups excluding tert-OH is 1. The molecule has 1 rings (SSSR count). The molecule has 0 radical (unpaired) electrons. The summed E-state index contributed by atoms with van der Waals surface area (Å²) in [5.74, 6) is -0.120. The Morgan fingerprint density at radius 1 is 1.42 bits per heavy atom. The van der Waals surface area contributed by atoms with E-state index >= 15 is 0 Å². The van der Waals surface area contributed by atoms with E-state index in [-0.39, 0.29) is 18.1 Å². The normalized spacial score (nSPS) is 13.9. The van der Waals surface area contributed by atoms with Crippen molar-refractivity contribution in [1.29, 1.82) is 0 Å². The van der Waals surface area contributed by atoms with Crippen molar-refractivity contribution >= 4 is 5.91 Å².